The van der Waals surface area contributed by atoms with Gasteiger partial charge in [0, 0.05) is 6.42 Å². The van der Waals surface area contributed by atoms with Crippen LogP contribution in [-0.2, 0) is 9.53 Å². The first-order valence-corrected chi connectivity index (χ1v) is 2.88. The van der Waals surface area contributed by atoms with Crippen molar-refractivity contribution < 1.29 is 19.7 Å². The smallest absolute Gasteiger partial charge is 0.324 e. The molecular formula is C5H11NO4. The van der Waals surface area contributed by atoms with Crippen LogP contribution < -0.4 is 5.73 Å². The molecule has 5 heteroatoms. The fraction of sp³-hybridized carbons (Fsp3) is 0.800. The van der Waals surface area contributed by atoms with E-state index in [1.807, 2.05) is 0 Å². The van der Waals surface area contributed by atoms with Crippen LogP contribution in [0.1, 0.15) is 13.3 Å². The normalized spacial score (nSPS) is 11.2. The Bertz CT molecular complexity index is 123. The fourth-order valence-corrected chi connectivity index (χ4v) is 0.296. The summed E-state index contributed by atoms with van der Waals surface area (Å²) in [5.74, 6) is -3.21. The average Bonchev–Trinajstić information content (AvgIpc) is 1.87. The summed E-state index contributed by atoms with van der Waals surface area (Å²) >= 11 is 0. The molecule has 0 atom stereocenters. The molecule has 0 aromatic rings. The summed E-state index contributed by atoms with van der Waals surface area (Å²) in [4.78, 5) is 10.3. The molecule has 0 aromatic carbocycles. The Labute approximate surface area is 58.4 Å². The molecule has 0 amide bonds. The standard InChI is InChI=1S/C5H11NO4/c1-2-5(8,9)10-4(7)3-6/h8-9H,2-3,6H2,1H3. The second-order valence-electron chi connectivity index (χ2n) is 1.77. The Hall–Kier alpha value is -0.650. The Morgan fingerprint density at radius 2 is 2.20 bits per heavy atom. The molecule has 0 aliphatic heterocycles. The van der Waals surface area contributed by atoms with Crippen LogP contribution in [0.5, 0.6) is 0 Å². The molecule has 0 fully saturated rings. The van der Waals surface area contributed by atoms with Gasteiger partial charge in [-0.3, -0.25) is 4.79 Å². The van der Waals surface area contributed by atoms with Gasteiger partial charge in [-0.25, -0.2) is 0 Å². The van der Waals surface area contributed by atoms with Crippen LogP contribution in [0.3, 0.4) is 0 Å². The molecule has 0 rings (SSSR count). The van der Waals surface area contributed by atoms with Gasteiger partial charge in [-0.05, 0) is 0 Å². The topological polar surface area (TPSA) is 92.8 Å². The number of carbonyl (C=O) groups is 1. The van der Waals surface area contributed by atoms with E-state index in [2.05, 4.69) is 4.74 Å². The molecule has 0 spiro atoms. The van der Waals surface area contributed by atoms with Gasteiger partial charge in [-0.2, -0.15) is 0 Å². The van der Waals surface area contributed by atoms with E-state index in [-0.39, 0.29) is 13.0 Å². The van der Waals surface area contributed by atoms with Crippen LogP contribution in [0.25, 0.3) is 0 Å². The van der Waals surface area contributed by atoms with E-state index in [4.69, 9.17) is 15.9 Å². The highest BCUT2D eigenvalue weighted by atomic mass is 16.8. The Morgan fingerprint density at radius 3 is 2.50 bits per heavy atom. The molecule has 4 N–H and O–H groups in total. The van der Waals surface area contributed by atoms with Gasteiger partial charge in [0.2, 0.25) is 0 Å². The third kappa shape index (κ3) is 3.39. The quantitative estimate of drug-likeness (QED) is 0.337. The molecule has 5 nitrogen and oxygen atoms in total. The molecule has 0 aliphatic carbocycles. The van der Waals surface area contributed by atoms with Crippen LogP contribution in [0.2, 0.25) is 0 Å². The van der Waals surface area contributed by atoms with Crippen molar-refractivity contribution in [2.75, 3.05) is 6.54 Å². The van der Waals surface area contributed by atoms with E-state index >= 15 is 0 Å². The number of carbonyl (C=O) groups excluding carboxylic acids is 1. The maximum absolute atomic E-state index is 10.3. The van der Waals surface area contributed by atoms with Gasteiger partial charge in [-0.15, -0.1) is 0 Å². The van der Waals surface area contributed by atoms with Gasteiger partial charge >= 0.3 is 11.9 Å². The minimum Gasteiger partial charge on any atom is -0.407 e. The fourth-order valence-electron chi connectivity index (χ4n) is 0.296. The van der Waals surface area contributed by atoms with Crippen LogP contribution in [0.15, 0.2) is 0 Å². The van der Waals surface area contributed by atoms with Crippen molar-refractivity contribution in [3.05, 3.63) is 0 Å². The van der Waals surface area contributed by atoms with Gasteiger partial charge in [0.25, 0.3) is 0 Å². The van der Waals surface area contributed by atoms with Crippen molar-refractivity contribution in [2.45, 2.75) is 19.3 Å². The summed E-state index contributed by atoms with van der Waals surface area (Å²) in [6.07, 6.45) is -0.0846. The first-order chi connectivity index (χ1) is 4.52. The van der Waals surface area contributed by atoms with Crippen molar-refractivity contribution >= 4 is 5.97 Å². The lowest BCUT2D eigenvalue weighted by atomic mass is 10.4. The number of nitrogens with two attached hydrogens (primary N) is 1. The summed E-state index contributed by atoms with van der Waals surface area (Å²) in [5.41, 5.74) is 4.84. The zero-order chi connectivity index (χ0) is 8.20. The molecule has 60 valence electrons. The number of hydrogen-bond donors (Lipinski definition) is 3. The third-order valence-electron chi connectivity index (χ3n) is 0.905. The predicted octanol–water partition coefficient (Wildman–Crippen LogP) is -1.46. The van der Waals surface area contributed by atoms with E-state index < -0.39 is 11.9 Å². The molecule has 0 aliphatic rings. The maximum Gasteiger partial charge on any atom is 0.324 e. The van der Waals surface area contributed by atoms with E-state index in [1.54, 1.807) is 0 Å². The molecule has 10 heavy (non-hydrogen) atoms. The van der Waals surface area contributed by atoms with Crippen molar-refractivity contribution in [1.29, 1.82) is 0 Å². The largest absolute Gasteiger partial charge is 0.407 e. The highest BCUT2D eigenvalue weighted by Crippen LogP contribution is 2.05. The summed E-state index contributed by atoms with van der Waals surface area (Å²) < 4.78 is 4.08. The number of rotatable bonds is 3. The Kier molecular flexibility index (Phi) is 3.27. The first kappa shape index (κ1) is 9.35. The lowest BCUT2D eigenvalue weighted by Crippen LogP contribution is -2.36. The number of aliphatic hydroxyl groups is 2. The molecular weight excluding hydrogens is 138 g/mol. The molecule has 0 heterocycles. The van der Waals surface area contributed by atoms with Gasteiger partial charge in [0.1, 0.15) is 0 Å². The van der Waals surface area contributed by atoms with Crippen molar-refractivity contribution in [3.63, 3.8) is 0 Å². The zero-order valence-corrected chi connectivity index (χ0v) is 5.70. The summed E-state index contributed by atoms with van der Waals surface area (Å²) in [6.45, 7) is 1.10. The second kappa shape index (κ2) is 3.50. The molecule has 0 unspecified atom stereocenters. The highest BCUT2D eigenvalue weighted by molar-refractivity contribution is 5.71. The number of hydrogen-bond acceptors (Lipinski definition) is 5. The monoisotopic (exact) mass is 149 g/mol. The van der Waals surface area contributed by atoms with Gasteiger partial charge in [-0.1, -0.05) is 6.92 Å². The minimum absolute atomic E-state index is 0.0846. The molecule has 0 bridgehead atoms. The lowest BCUT2D eigenvalue weighted by molar-refractivity contribution is -0.319. The minimum atomic E-state index is -2.36. The van der Waals surface area contributed by atoms with Crippen LogP contribution in [0, 0.1) is 0 Å². The van der Waals surface area contributed by atoms with E-state index in [0.717, 1.165) is 0 Å². The van der Waals surface area contributed by atoms with Crippen LogP contribution in [0.4, 0.5) is 0 Å². The Morgan fingerprint density at radius 1 is 1.70 bits per heavy atom. The average molecular weight is 149 g/mol. The first-order valence-electron chi connectivity index (χ1n) is 2.88. The van der Waals surface area contributed by atoms with Crippen molar-refractivity contribution in [3.8, 4) is 0 Å². The van der Waals surface area contributed by atoms with E-state index in [0.29, 0.717) is 0 Å². The van der Waals surface area contributed by atoms with Crippen LogP contribution in [-0.4, -0.2) is 28.7 Å². The summed E-state index contributed by atoms with van der Waals surface area (Å²) in [7, 11) is 0. The second-order valence-corrected chi connectivity index (χ2v) is 1.77. The molecule has 0 saturated carbocycles. The lowest BCUT2D eigenvalue weighted by Gasteiger charge is -2.18. The predicted molar refractivity (Wildman–Crippen MR) is 32.6 cm³/mol. The van der Waals surface area contributed by atoms with Crippen molar-refractivity contribution in [2.24, 2.45) is 5.73 Å². The summed E-state index contributed by atoms with van der Waals surface area (Å²) in [6, 6.07) is 0. The molecule has 0 saturated heterocycles. The number of ether oxygens (including phenoxy) is 1. The maximum atomic E-state index is 10.3. The Balaban J connectivity index is 3.76. The SMILES string of the molecule is CCC(O)(O)OC(=O)CN. The third-order valence-corrected chi connectivity index (χ3v) is 0.905. The van der Waals surface area contributed by atoms with Gasteiger partial charge in [0.05, 0.1) is 6.54 Å². The molecule has 0 aromatic heterocycles. The van der Waals surface area contributed by atoms with E-state index in [1.165, 1.54) is 6.92 Å². The van der Waals surface area contributed by atoms with E-state index in [9.17, 15) is 4.79 Å². The summed E-state index contributed by atoms with van der Waals surface area (Å²) in [5, 5.41) is 17.4. The highest BCUT2D eigenvalue weighted by Gasteiger charge is 2.24. The van der Waals surface area contributed by atoms with Crippen LogP contribution >= 0.6 is 0 Å². The number of esters is 1. The van der Waals surface area contributed by atoms with Crippen molar-refractivity contribution in [1.82, 2.24) is 0 Å². The zero-order valence-electron chi connectivity index (χ0n) is 5.70. The van der Waals surface area contributed by atoms with Gasteiger partial charge in [0.15, 0.2) is 0 Å². The van der Waals surface area contributed by atoms with Gasteiger partial charge < -0.3 is 20.7 Å². The molecule has 0 radical (unpaired) electrons.